The van der Waals surface area contributed by atoms with Crippen LogP contribution in [0.15, 0.2) is 12.1 Å². The van der Waals surface area contributed by atoms with Gasteiger partial charge in [-0.25, -0.2) is 0 Å². The van der Waals surface area contributed by atoms with E-state index in [4.69, 9.17) is 34.8 Å². The van der Waals surface area contributed by atoms with Crippen molar-refractivity contribution in [3.05, 3.63) is 27.2 Å². The van der Waals surface area contributed by atoms with E-state index >= 15 is 0 Å². The lowest BCUT2D eigenvalue weighted by atomic mass is 10.1. The van der Waals surface area contributed by atoms with Crippen molar-refractivity contribution in [2.45, 2.75) is 18.7 Å². The van der Waals surface area contributed by atoms with Gasteiger partial charge in [0, 0.05) is 5.02 Å². The van der Waals surface area contributed by atoms with E-state index in [1.54, 1.807) is 0 Å². The van der Waals surface area contributed by atoms with Gasteiger partial charge in [0.05, 0.1) is 20.6 Å². The van der Waals surface area contributed by atoms with E-state index in [0.29, 0.717) is 20.8 Å². The maximum absolute atomic E-state index is 11.8. The van der Waals surface area contributed by atoms with Gasteiger partial charge in [-0.05, 0) is 18.1 Å². The maximum Gasteiger partial charge on any atom is 0.238 e. The van der Waals surface area contributed by atoms with Gasteiger partial charge in [-0.3, -0.25) is 4.79 Å². The number of benzene rings is 1. The Morgan fingerprint density at radius 2 is 1.71 bits per heavy atom. The largest absolute Gasteiger partial charge is 0.323 e. The van der Waals surface area contributed by atoms with Crippen LogP contribution in [-0.2, 0) is 4.79 Å². The third-order valence-electron chi connectivity index (χ3n) is 2.09. The molecule has 2 nitrogen and oxygen atoms in total. The van der Waals surface area contributed by atoms with E-state index in [-0.39, 0.29) is 16.7 Å². The van der Waals surface area contributed by atoms with Crippen LogP contribution in [0.5, 0.6) is 0 Å². The van der Waals surface area contributed by atoms with Crippen LogP contribution in [-0.4, -0.2) is 10.7 Å². The van der Waals surface area contributed by atoms with E-state index in [0.717, 1.165) is 0 Å². The molecular formula is C11H11BrCl3NO. The van der Waals surface area contributed by atoms with Gasteiger partial charge in [0.1, 0.15) is 0 Å². The maximum atomic E-state index is 11.8. The topological polar surface area (TPSA) is 29.1 Å². The van der Waals surface area contributed by atoms with Crippen LogP contribution < -0.4 is 5.32 Å². The summed E-state index contributed by atoms with van der Waals surface area (Å²) in [7, 11) is 0. The Bertz CT molecular complexity index is 414. The molecule has 0 aliphatic heterocycles. The first-order valence-corrected chi connectivity index (χ1v) is 6.97. The zero-order chi connectivity index (χ0) is 13.2. The standard InChI is InChI=1S/C11H11BrCl3NO/c1-5(2)9(12)11(17)16-10-7(14)3-6(13)4-8(10)15/h3-5,9H,1-2H3,(H,16,17). The first kappa shape index (κ1) is 15.1. The molecule has 0 saturated heterocycles. The summed E-state index contributed by atoms with van der Waals surface area (Å²) in [6, 6.07) is 3.06. The highest BCUT2D eigenvalue weighted by Gasteiger charge is 2.20. The molecule has 0 aromatic heterocycles. The first-order valence-electron chi connectivity index (χ1n) is 4.92. The Hall–Kier alpha value is 0.0400. The molecular weight excluding hydrogens is 348 g/mol. The zero-order valence-electron chi connectivity index (χ0n) is 9.23. The van der Waals surface area contributed by atoms with Crippen molar-refractivity contribution in [1.29, 1.82) is 0 Å². The molecule has 0 aliphatic carbocycles. The number of amides is 1. The molecule has 1 N–H and O–H groups in total. The Balaban J connectivity index is 2.93. The summed E-state index contributed by atoms with van der Waals surface area (Å²) in [5.41, 5.74) is 0.382. The molecule has 1 aromatic rings. The number of alkyl halides is 1. The van der Waals surface area contributed by atoms with E-state index in [1.807, 2.05) is 13.8 Å². The number of nitrogens with one attached hydrogen (secondary N) is 1. The van der Waals surface area contributed by atoms with E-state index < -0.39 is 0 Å². The predicted molar refractivity (Wildman–Crippen MR) is 77.7 cm³/mol. The van der Waals surface area contributed by atoms with Crippen molar-refractivity contribution >= 4 is 62.3 Å². The van der Waals surface area contributed by atoms with Gasteiger partial charge in [0.2, 0.25) is 5.91 Å². The van der Waals surface area contributed by atoms with Crippen LogP contribution >= 0.6 is 50.7 Å². The average molecular weight is 359 g/mol. The molecule has 0 fully saturated rings. The van der Waals surface area contributed by atoms with Gasteiger partial charge in [-0.1, -0.05) is 64.6 Å². The highest BCUT2D eigenvalue weighted by Crippen LogP contribution is 2.34. The van der Waals surface area contributed by atoms with Crippen molar-refractivity contribution in [1.82, 2.24) is 0 Å². The molecule has 0 aliphatic rings. The van der Waals surface area contributed by atoms with E-state index in [1.165, 1.54) is 12.1 Å². The minimum Gasteiger partial charge on any atom is -0.323 e. The third kappa shape index (κ3) is 4.02. The highest BCUT2D eigenvalue weighted by molar-refractivity contribution is 9.10. The molecule has 0 spiro atoms. The summed E-state index contributed by atoms with van der Waals surface area (Å²) in [6.07, 6.45) is 0. The number of hydrogen-bond acceptors (Lipinski definition) is 1. The Morgan fingerprint density at radius 3 is 2.12 bits per heavy atom. The van der Waals surface area contributed by atoms with Crippen LogP contribution in [0, 0.1) is 5.92 Å². The second-order valence-corrected chi connectivity index (χ2v) is 6.12. The first-order chi connectivity index (χ1) is 7.82. The zero-order valence-corrected chi connectivity index (χ0v) is 13.1. The van der Waals surface area contributed by atoms with Crippen molar-refractivity contribution in [3.63, 3.8) is 0 Å². The molecule has 17 heavy (non-hydrogen) atoms. The second kappa shape index (κ2) is 6.28. The minimum absolute atomic E-state index is 0.167. The summed E-state index contributed by atoms with van der Waals surface area (Å²) in [5.74, 6) is -0.0222. The van der Waals surface area contributed by atoms with Crippen molar-refractivity contribution in [2.24, 2.45) is 5.92 Å². The Labute approximate surface area is 124 Å². The Kier molecular flexibility index (Phi) is 5.58. The number of anilines is 1. The molecule has 94 valence electrons. The monoisotopic (exact) mass is 357 g/mol. The molecule has 0 radical (unpaired) electrons. The van der Waals surface area contributed by atoms with Gasteiger partial charge >= 0.3 is 0 Å². The van der Waals surface area contributed by atoms with Crippen LogP contribution in [0.25, 0.3) is 0 Å². The molecule has 0 saturated carbocycles. The molecule has 0 bridgehead atoms. The lowest BCUT2D eigenvalue weighted by Crippen LogP contribution is -2.27. The predicted octanol–water partition coefficient (Wildman–Crippen LogP) is 5.00. The summed E-state index contributed by atoms with van der Waals surface area (Å²) >= 11 is 21.0. The number of carbonyl (C=O) groups is 1. The van der Waals surface area contributed by atoms with Gasteiger partial charge in [0.25, 0.3) is 0 Å². The SMILES string of the molecule is CC(C)C(Br)C(=O)Nc1c(Cl)cc(Cl)cc1Cl. The van der Waals surface area contributed by atoms with Crippen molar-refractivity contribution < 1.29 is 4.79 Å². The van der Waals surface area contributed by atoms with Gasteiger partial charge < -0.3 is 5.32 Å². The number of carbonyl (C=O) groups excluding carboxylic acids is 1. The molecule has 1 amide bonds. The average Bonchev–Trinajstić information content (AvgIpc) is 2.21. The fourth-order valence-corrected chi connectivity index (χ4v) is 2.18. The lowest BCUT2D eigenvalue weighted by molar-refractivity contribution is -0.116. The van der Waals surface area contributed by atoms with Gasteiger partial charge in [0.15, 0.2) is 0 Å². The Morgan fingerprint density at radius 1 is 1.24 bits per heavy atom. The lowest BCUT2D eigenvalue weighted by Gasteiger charge is -2.15. The molecule has 0 heterocycles. The fourth-order valence-electron chi connectivity index (χ4n) is 1.16. The summed E-state index contributed by atoms with van der Waals surface area (Å²) in [5, 5.41) is 3.74. The van der Waals surface area contributed by atoms with Crippen LogP contribution in [0.2, 0.25) is 15.1 Å². The molecule has 6 heteroatoms. The smallest absolute Gasteiger partial charge is 0.238 e. The number of rotatable bonds is 3. The van der Waals surface area contributed by atoms with Crippen molar-refractivity contribution in [3.8, 4) is 0 Å². The van der Waals surface area contributed by atoms with Gasteiger partial charge in [-0.2, -0.15) is 0 Å². The second-order valence-electron chi connectivity index (χ2n) is 3.88. The quantitative estimate of drug-likeness (QED) is 0.756. The summed E-state index contributed by atoms with van der Waals surface area (Å²) in [6.45, 7) is 3.87. The van der Waals surface area contributed by atoms with Crippen LogP contribution in [0.4, 0.5) is 5.69 Å². The summed E-state index contributed by atoms with van der Waals surface area (Å²) in [4.78, 5) is 11.5. The van der Waals surface area contributed by atoms with Crippen LogP contribution in [0.3, 0.4) is 0 Å². The van der Waals surface area contributed by atoms with E-state index in [2.05, 4.69) is 21.2 Å². The molecule has 1 unspecified atom stereocenters. The third-order valence-corrected chi connectivity index (χ3v) is 4.38. The highest BCUT2D eigenvalue weighted by atomic mass is 79.9. The fraction of sp³-hybridized carbons (Fsp3) is 0.364. The van der Waals surface area contributed by atoms with Crippen LogP contribution in [0.1, 0.15) is 13.8 Å². The van der Waals surface area contributed by atoms with Gasteiger partial charge in [-0.15, -0.1) is 0 Å². The normalized spacial score (nSPS) is 12.6. The van der Waals surface area contributed by atoms with E-state index in [9.17, 15) is 4.79 Å². The van der Waals surface area contributed by atoms with Crippen molar-refractivity contribution in [2.75, 3.05) is 5.32 Å². The molecule has 1 atom stereocenters. The number of halogens is 4. The molecule has 1 aromatic carbocycles. The molecule has 1 rings (SSSR count). The minimum atomic E-state index is -0.301. The summed E-state index contributed by atoms with van der Waals surface area (Å²) < 4.78 is 0. The number of hydrogen-bond donors (Lipinski definition) is 1.